The summed E-state index contributed by atoms with van der Waals surface area (Å²) in [5.74, 6) is -2.07. The summed E-state index contributed by atoms with van der Waals surface area (Å²) in [5, 5.41) is 12.4. The van der Waals surface area contributed by atoms with E-state index in [9.17, 15) is 14.7 Å². The number of rotatable bonds is 6. The number of carboxylic acids is 1. The monoisotopic (exact) mass is 465 g/mol. The van der Waals surface area contributed by atoms with Crippen molar-refractivity contribution in [3.05, 3.63) is 58.4 Å². The van der Waals surface area contributed by atoms with Gasteiger partial charge in [0.15, 0.2) is 11.6 Å². The third-order valence-electron chi connectivity index (χ3n) is 6.01. The van der Waals surface area contributed by atoms with Crippen molar-refractivity contribution in [2.75, 3.05) is 17.6 Å². The Morgan fingerprint density at radius 2 is 2.12 bits per heavy atom. The van der Waals surface area contributed by atoms with E-state index in [0.717, 1.165) is 11.0 Å². The molecule has 0 amide bonds. The first kappa shape index (κ1) is 21.7. The number of aromatic carboxylic acids is 1. The van der Waals surface area contributed by atoms with Gasteiger partial charge in [0.05, 0.1) is 40.5 Å². The Hall–Kier alpha value is -4.08. The number of aromatic nitrogens is 3. The molecular formula is C24H24FN5O4. The first-order chi connectivity index (χ1) is 16.2. The van der Waals surface area contributed by atoms with Gasteiger partial charge in [0.25, 0.3) is 0 Å². The van der Waals surface area contributed by atoms with Crippen molar-refractivity contribution in [2.45, 2.75) is 39.0 Å². The van der Waals surface area contributed by atoms with Crippen molar-refractivity contribution in [3.8, 4) is 5.75 Å². The smallest absolute Gasteiger partial charge is 0.341 e. The molecule has 9 nitrogen and oxygen atoms in total. The highest BCUT2D eigenvalue weighted by Crippen LogP contribution is 2.44. The SMILES string of the molecule is CC1(C)Cn2cc(C(=O)O)c(=O)c3c(N)c(F)c(NCCCn4cnc5ccccc54)c(c32)O1. The average Bonchev–Trinajstić information content (AvgIpc) is 3.19. The second-order valence-corrected chi connectivity index (χ2v) is 9.03. The highest BCUT2D eigenvalue weighted by atomic mass is 19.1. The van der Waals surface area contributed by atoms with Crippen molar-refractivity contribution in [1.29, 1.82) is 0 Å². The van der Waals surface area contributed by atoms with Crippen molar-refractivity contribution in [2.24, 2.45) is 0 Å². The number of imidazole rings is 1. The number of anilines is 2. The lowest BCUT2D eigenvalue weighted by Gasteiger charge is -2.35. The second kappa shape index (κ2) is 7.75. The second-order valence-electron chi connectivity index (χ2n) is 9.03. The summed E-state index contributed by atoms with van der Waals surface area (Å²) in [6.07, 6.45) is 3.70. The van der Waals surface area contributed by atoms with Crippen LogP contribution in [0.2, 0.25) is 0 Å². The van der Waals surface area contributed by atoms with Gasteiger partial charge < -0.3 is 30.0 Å². The molecule has 0 spiro atoms. The van der Waals surface area contributed by atoms with Crippen LogP contribution < -0.4 is 21.2 Å². The van der Waals surface area contributed by atoms with E-state index < -0.39 is 34.1 Å². The zero-order valence-corrected chi connectivity index (χ0v) is 18.8. The molecule has 176 valence electrons. The Kier molecular flexibility index (Phi) is 4.96. The first-order valence-corrected chi connectivity index (χ1v) is 10.9. The standard InChI is InChI=1S/C24H24FN5O4/c1-24(2)11-30-10-13(23(32)33)21(31)16-18(26)17(25)19(22(34-24)20(16)30)27-8-5-9-29-12-28-14-6-3-4-7-15(14)29/h3-4,6-7,10,12,27H,5,8-9,11,26H2,1-2H3,(H,32,33). The zero-order valence-electron chi connectivity index (χ0n) is 18.8. The maximum absolute atomic E-state index is 15.4. The summed E-state index contributed by atoms with van der Waals surface area (Å²) in [6, 6.07) is 7.81. The van der Waals surface area contributed by atoms with Gasteiger partial charge >= 0.3 is 5.97 Å². The predicted molar refractivity (Wildman–Crippen MR) is 127 cm³/mol. The summed E-state index contributed by atoms with van der Waals surface area (Å²) in [7, 11) is 0. The fourth-order valence-electron chi connectivity index (χ4n) is 4.53. The van der Waals surface area contributed by atoms with Crippen LogP contribution in [0.3, 0.4) is 0 Å². The van der Waals surface area contributed by atoms with Crippen LogP contribution in [0.4, 0.5) is 15.8 Å². The van der Waals surface area contributed by atoms with E-state index in [1.807, 2.05) is 42.7 Å². The van der Waals surface area contributed by atoms with Gasteiger partial charge in [-0.1, -0.05) is 12.1 Å². The lowest BCUT2D eigenvalue weighted by Crippen LogP contribution is -2.39. The fraction of sp³-hybridized carbons (Fsp3) is 0.292. The minimum atomic E-state index is -1.39. The lowest BCUT2D eigenvalue weighted by molar-refractivity contribution is 0.0685. The van der Waals surface area contributed by atoms with Gasteiger partial charge in [0.2, 0.25) is 5.43 Å². The molecule has 4 aromatic rings. The summed E-state index contributed by atoms with van der Waals surface area (Å²) >= 11 is 0. The largest absolute Gasteiger partial charge is 0.481 e. The first-order valence-electron chi connectivity index (χ1n) is 10.9. The van der Waals surface area contributed by atoms with E-state index in [-0.39, 0.29) is 28.9 Å². The van der Waals surface area contributed by atoms with E-state index in [2.05, 4.69) is 10.3 Å². The van der Waals surface area contributed by atoms with E-state index in [0.29, 0.717) is 19.5 Å². The number of para-hydroxylation sites is 2. The van der Waals surface area contributed by atoms with Gasteiger partial charge in [-0.25, -0.2) is 14.2 Å². The molecule has 0 atom stereocenters. The van der Waals surface area contributed by atoms with Crippen molar-refractivity contribution in [3.63, 3.8) is 0 Å². The number of nitrogens with one attached hydrogen (secondary N) is 1. The van der Waals surface area contributed by atoms with Crippen LogP contribution in [0, 0.1) is 5.82 Å². The average molecular weight is 465 g/mol. The van der Waals surface area contributed by atoms with Crippen LogP contribution >= 0.6 is 0 Å². The van der Waals surface area contributed by atoms with E-state index >= 15 is 4.39 Å². The Morgan fingerprint density at radius 1 is 1.35 bits per heavy atom. The molecule has 2 aromatic carbocycles. The molecule has 0 radical (unpaired) electrons. The zero-order chi connectivity index (χ0) is 24.2. The van der Waals surface area contributed by atoms with Crippen LogP contribution in [-0.4, -0.2) is 37.3 Å². The number of ether oxygens (including phenoxy) is 1. The Balaban J connectivity index is 1.51. The molecule has 0 unspecified atom stereocenters. The predicted octanol–water partition coefficient (Wildman–Crippen LogP) is 3.44. The number of carbonyl (C=O) groups is 1. The Morgan fingerprint density at radius 3 is 2.88 bits per heavy atom. The topological polar surface area (TPSA) is 124 Å². The minimum absolute atomic E-state index is 0.0597. The van der Waals surface area contributed by atoms with Crippen molar-refractivity contribution in [1.82, 2.24) is 14.1 Å². The van der Waals surface area contributed by atoms with Gasteiger partial charge in [-0.3, -0.25) is 4.79 Å². The van der Waals surface area contributed by atoms with Crippen LogP contribution in [-0.2, 0) is 13.1 Å². The number of pyridine rings is 1. The van der Waals surface area contributed by atoms with Gasteiger partial charge in [-0.15, -0.1) is 0 Å². The summed E-state index contributed by atoms with van der Waals surface area (Å²) in [6.45, 7) is 4.95. The number of hydrogen-bond acceptors (Lipinski definition) is 6. The maximum atomic E-state index is 15.4. The fourth-order valence-corrected chi connectivity index (χ4v) is 4.53. The van der Waals surface area contributed by atoms with Crippen LogP contribution in [0.25, 0.3) is 21.9 Å². The molecule has 0 saturated heterocycles. The number of halogens is 1. The van der Waals surface area contributed by atoms with Gasteiger partial charge in [0.1, 0.15) is 16.9 Å². The van der Waals surface area contributed by atoms with E-state index in [1.165, 1.54) is 6.20 Å². The quantitative estimate of drug-likeness (QED) is 0.294. The van der Waals surface area contributed by atoms with Crippen molar-refractivity contribution >= 4 is 39.3 Å². The van der Waals surface area contributed by atoms with E-state index in [4.69, 9.17) is 10.5 Å². The van der Waals surface area contributed by atoms with Crippen molar-refractivity contribution < 1.29 is 19.0 Å². The molecule has 0 aliphatic carbocycles. The molecule has 4 N–H and O–H groups in total. The summed E-state index contributed by atoms with van der Waals surface area (Å²) in [4.78, 5) is 28.8. The van der Waals surface area contributed by atoms with Gasteiger partial charge in [-0.2, -0.15) is 0 Å². The molecule has 0 bridgehead atoms. The third kappa shape index (κ3) is 3.42. The third-order valence-corrected chi connectivity index (χ3v) is 6.01. The number of hydrogen-bond donors (Lipinski definition) is 3. The molecule has 3 heterocycles. The number of nitrogens with zero attached hydrogens (tertiary/aromatic N) is 3. The van der Waals surface area contributed by atoms with Crippen LogP contribution in [0.5, 0.6) is 5.75 Å². The number of nitrogen functional groups attached to an aromatic ring is 1. The highest BCUT2D eigenvalue weighted by Gasteiger charge is 2.34. The summed E-state index contributed by atoms with van der Waals surface area (Å²) < 4.78 is 25.2. The summed E-state index contributed by atoms with van der Waals surface area (Å²) in [5.41, 5.74) is 5.84. The number of carboxylic acid groups (broad SMARTS) is 1. The number of benzene rings is 2. The molecule has 5 rings (SSSR count). The highest BCUT2D eigenvalue weighted by molar-refractivity contribution is 6.03. The lowest BCUT2D eigenvalue weighted by atomic mass is 10.0. The Labute approximate surface area is 193 Å². The molecule has 1 aliphatic rings. The normalized spacial score (nSPS) is 14.3. The van der Waals surface area contributed by atoms with Crippen LogP contribution in [0.15, 0.2) is 41.6 Å². The molecule has 34 heavy (non-hydrogen) atoms. The van der Waals surface area contributed by atoms with E-state index in [1.54, 1.807) is 10.9 Å². The molecule has 1 aliphatic heterocycles. The molecule has 0 fully saturated rings. The molecular weight excluding hydrogens is 441 g/mol. The van der Waals surface area contributed by atoms with Gasteiger partial charge in [0, 0.05) is 19.3 Å². The van der Waals surface area contributed by atoms with Crippen LogP contribution in [0.1, 0.15) is 30.6 Å². The minimum Gasteiger partial charge on any atom is -0.481 e. The maximum Gasteiger partial charge on any atom is 0.341 e. The molecule has 0 saturated carbocycles. The number of fused-ring (bicyclic) bond motifs is 1. The number of aryl methyl sites for hydroxylation is 1. The number of nitrogens with two attached hydrogens (primary N) is 1. The molecule has 2 aromatic heterocycles. The molecule has 10 heteroatoms. The van der Waals surface area contributed by atoms with Gasteiger partial charge in [-0.05, 0) is 32.4 Å². The Bertz CT molecular complexity index is 1520.